The predicted octanol–water partition coefficient (Wildman–Crippen LogP) is 2.40. The highest BCUT2D eigenvalue weighted by Crippen LogP contribution is 2.24. The Morgan fingerprint density at radius 2 is 1.96 bits per heavy atom. The highest BCUT2D eigenvalue weighted by Gasteiger charge is 2.26. The molecule has 2 aromatic heterocycles. The van der Waals surface area contributed by atoms with E-state index in [9.17, 15) is 4.79 Å². The lowest BCUT2D eigenvalue weighted by atomic mass is 10.1. The Hall–Kier alpha value is -3.22. The number of amides is 1. The molecule has 7 heteroatoms. The summed E-state index contributed by atoms with van der Waals surface area (Å²) in [5, 5.41) is 12.5. The molecule has 3 aromatic rings. The Labute approximate surface area is 151 Å². The topological polar surface area (TPSA) is 75.4 Å². The third kappa shape index (κ3) is 3.03. The quantitative estimate of drug-likeness (QED) is 0.723. The highest BCUT2D eigenvalue weighted by atomic mass is 16.5. The Bertz CT molecular complexity index is 936. The maximum absolute atomic E-state index is 12.8. The van der Waals surface area contributed by atoms with Crippen molar-refractivity contribution in [1.82, 2.24) is 20.3 Å². The van der Waals surface area contributed by atoms with Crippen molar-refractivity contribution in [3.05, 3.63) is 59.4 Å². The molecular weight excluding hydrogens is 330 g/mol. The van der Waals surface area contributed by atoms with Crippen LogP contribution in [0.4, 0.5) is 5.82 Å². The zero-order valence-electron chi connectivity index (χ0n) is 14.7. The van der Waals surface area contributed by atoms with Crippen LogP contribution in [0.5, 0.6) is 0 Å². The van der Waals surface area contributed by atoms with Gasteiger partial charge in [-0.3, -0.25) is 4.79 Å². The molecule has 1 aromatic carbocycles. The first-order chi connectivity index (χ1) is 12.6. The summed E-state index contributed by atoms with van der Waals surface area (Å²) in [5.74, 6) is 1.24. The smallest absolute Gasteiger partial charge is 0.276 e. The Kier molecular flexibility index (Phi) is 4.12. The van der Waals surface area contributed by atoms with Crippen LogP contribution >= 0.6 is 0 Å². The number of carbonyl (C=O) groups is 1. The minimum absolute atomic E-state index is 0.134. The third-order valence-corrected chi connectivity index (χ3v) is 4.46. The van der Waals surface area contributed by atoms with E-state index in [0.29, 0.717) is 31.0 Å². The van der Waals surface area contributed by atoms with Gasteiger partial charge in [0.15, 0.2) is 17.3 Å². The Balaban J connectivity index is 1.55. The number of anilines is 1. The molecule has 0 aliphatic carbocycles. The van der Waals surface area contributed by atoms with Gasteiger partial charge in [0.25, 0.3) is 5.91 Å². The second-order valence-electron chi connectivity index (χ2n) is 6.49. The molecule has 0 N–H and O–H groups in total. The fourth-order valence-electron chi connectivity index (χ4n) is 2.99. The average Bonchev–Trinajstić information content (AvgIpc) is 3.17. The lowest BCUT2D eigenvalue weighted by Gasteiger charge is -2.27. The molecule has 26 heavy (non-hydrogen) atoms. The van der Waals surface area contributed by atoms with Crippen molar-refractivity contribution in [3.63, 3.8) is 0 Å². The molecule has 0 spiro atoms. The van der Waals surface area contributed by atoms with Gasteiger partial charge >= 0.3 is 0 Å². The normalized spacial score (nSPS) is 13.4. The molecule has 0 unspecified atom stereocenters. The number of benzene rings is 1. The van der Waals surface area contributed by atoms with Gasteiger partial charge in [0.05, 0.1) is 5.69 Å². The minimum atomic E-state index is -0.134. The van der Waals surface area contributed by atoms with Crippen molar-refractivity contribution in [2.24, 2.45) is 0 Å². The molecule has 1 aliphatic heterocycles. The van der Waals surface area contributed by atoms with E-state index >= 15 is 0 Å². The fraction of sp³-hybridized carbons (Fsp3) is 0.263. The molecule has 3 heterocycles. The van der Waals surface area contributed by atoms with Gasteiger partial charge in [0, 0.05) is 45.2 Å². The van der Waals surface area contributed by atoms with Gasteiger partial charge in [-0.05, 0) is 11.6 Å². The third-order valence-electron chi connectivity index (χ3n) is 4.46. The number of rotatable bonds is 3. The maximum atomic E-state index is 12.8. The van der Waals surface area contributed by atoms with Crippen LogP contribution in [0.15, 0.2) is 47.0 Å². The molecule has 0 radical (unpaired) electrons. The molecule has 132 valence electrons. The van der Waals surface area contributed by atoms with Crippen LogP contribution < -0.4 is 4.90 Å². The summed E-state index contributed by atoms with van der Waals surface area (Å²) >= 11 is 0. The van der Waals surface area contributed by atoms with Gasteiger partial charge in [-0.25, -0.2) is 0 Å². The number of nitrogens with zero attached hydrogens (tertiary/aromatic N) is 5. The second-order valence-corrected chi connectivity index (χ2v) is 6.49. The predicted molar refractivity (Wildman–Crippen MR) is 96.7 cm³/mol. The minimum Gasteiger partial charge on any atom is -0.361 e. The highest BCUT2D eigenvalue weighted by molar-refractivity contribution is 5.93. The van der Waals surface area contributed by atoms with Crippen LogP contribution in [0.2, 0.25) is 0 Å². The van der Waals surface area contributed by atoms with Crippen molar-refractivity contribution >= 4 is 11.7 Å². The summed E-state index contributed by atoms with van der Waals surface area (Å²) < 4.78 is 5.36. The van der Waals surface area contributed by atoms with E-state index in [4.69, 9.17) is 4.52 Å². The number of hydrogen-bond acceptors (Lipinski definition) is 6. The van der Waals surface area contributed by atoms with E-state index in [-0.39, 0.29) is 5.91 Å². The SMILES string of the molecule is CN(C)c1cc2c(nn1)CCN(C(=O)c1cc(-c3ccccc3)on1)C2. The number of hydrogen-bond donors (Lipinski definition) is 0. The second kappa shape index (κ2) is 6.59. The molecular formula is C19H19N5O2. The van der Waals surface area contributed by atoms with Crippen molar-refractivity contribution < 1.29 is 9.32 Å². The van der Waals surface area contributed by atoms with Crippen LogP contribution in [0, 0.1) is 0 Å². The zero-order valence-corrected chi connectivity index (χ0v) is 14.7. The first-order valence-corrected chi connectivity index (χ1v) is 8.46. The van der Waals surface area contributed by atoms with Crippen molar-refractivity contribution in [1.29, 1.82) is 0 Å². The number of aromatic nitrogens is 3. The van der Waals surface area contributed by atoms with Gasteiger partial charge in [-0.1, -0.05) is 35.5 Å². The van der Waals surface area contributed by atoms with Crippen LogP contribution in [0.25, 0.3) is 11.3 Å². The van der Waals surface area contributed by atoms with Gasteiger partial charge in [-0.15, -0.1) is 5.10 Å². The standard InChI is InChI=1S/C19H19N5O2/c1-23(2)18-10-14-12-24(9-8-15(14)20-21-18)19(25)16-11-17(26-22-16)13-6-4-3-5-7-13/h3-7,10-11H,8-9,12H2,1-2H3. The first kappa shape index (κ1) is 16.3. The van der Waals surface area contributed by atoms with Gasteiger partial charge < -0.3 is 14.3 Å². The van der Waals surface area contributed by atoms with Gasteiger partial charge in [0.1, 0.15) is 0 Å². The number of carbonyl (C=O) groups excluding carboxylic acids is 1. The number of fused-ring (bicyclic) bond motifs is 1. The van der Waals surface area contributed by atoms with Gasteiger partial charge in [-0.2, -0.15) is 5.10 Å². The average molecular weight is 349 g/mol. The fourth-order valence-corrected chi connectivity index (χ4v) is 2.99. The lowest BCUT2D eigenvalue weighted by molar-refractivity contribution is 0.0722. The molecule has 0 atom stereocenters. The monoisotopic (exact) mass is 349 g/mol. The van der Waals surface area contributed by atoms with Crippen LogP contribution in [0.3, 0.4) is 0 Å². The van der Waals surface area contributed by atoms with E-state index in [1.54, 1.807) is 11.0 Å². The summed E-state index contributed by atoms with van der Waals surface area (Å²) in [7, 11) is 3.84. The Morgan fingerprint density at radius 1 is 1.15 bits per heavy atom. The Morgan fingerprint density at radius 3 is 2.73 bits per heavy atom. The van der Waals surface area contributed by atoms with E-state index in [1.807, 2.05) is 55.4 Å². The largest absolute Gasteiger partial charge is 0.361 e. The molecule has 0 saturated heterocycles. The van der Waals surface area contributed by atoms with E-state index in [2.05, 4.69) is 15.4 Å². The van der Waals surface area contributed by atoms with Crippen molar-refractivity contribution in [3.8, 4) is 11.3 Å². The van der Waals surface area contributed by atoms with Gasteiger partial charge in [0.2, 0.25) is 0 Å². The molecule has 0 fully saturated rings. The van der Waals surface area contributed by atoms with Crippen molar-refractivity contribution in [2.75, 3.05) is 25.5 Å². The zero-order chi connectivity index (χ0) is 18.1. The molecule has 0 saturated carbocycles. The van der Waals surface area contributed by atoms with E-state index < -0.39 is 0 Å². The summed E-state index contributed by atoms with van der Waals surface area (Å²) in [6, 6.07) is 13.3. The van der Waals surface area contributed by atoms with E-state index in [1.165, 1.54) is 0 Å². The molecule has 7 nitrogen and oxygen atoms in total. The maximum Gasteiger partial charge on any atom is 0.276 e. The van der Waals surface area contributed by atoms with Crippen molar-refractivity contribution in [2.45, 2.75) is 13.0 Å². The van der Waals surface area contributed by atoms with Crippen LogP contribution in [-0.4, -0.2) is 46.8 Å². The first-order valence-electron chi connectivity index (χ1n) is 8.46. The summed E-state index contributed by atoms with van der Waals surface area (Å²) in [4.78, 5) is 16.5. The molecule has 0 bridgehead atoms. The molecule has 1 aliphatic rings. The summed E-state index contributed by atoms with van der Waals surface area (Å²) in [6.45, 7) is 1.09. The van der Waals surface area contributed by atoms with Crippen LogP contribution in [0.1, 0.15) is 21.7 Å². The molecule has 4 rings (SSSR count). The lowest BCUT2D eigenvalue weighted by Crippen LogP contribution is -2.36. The summed E-state index contributed by atoms with van der Waals surface area (Å²) in [5.41, 5.74) is 3.19. The van der Waals surface area contributed by atoms with Crippen LogP contribution in [-0.2, 0) is 13.0 Å². The summed E-state index contributed by atoms with van der Waals surface area (Å²) in [6.07, 6.45) is 0.686. The molecule has 1 amide bonds. The van der Waals surface area contributed by atoms with E-state index in [0.717, 1.165) is 22.6 Å².